The van der Waals surface area contributed by atoms with Crippen molar-refractivity contribution in [1.29, 1.82) is 0 Å². The molecule has 0 saturated heterocycles. The number of hydrogen-bond donors (Lipinski definition) is 0. The third kappa shape index (κ3) is 5.35. The molecule has 8 heteroatoms. The number of ether oxygens (including phenoxy) is 2. The maximum atomic E-state index is 13.5. The molecular formula is C26H27N3O4S. The minimum atomic E-state index is -0.244. The smallest absolute Gasteiger partial charge is 0.264 e. The number of methoxy groups -OCH3 is 2. The number of hydrogen-bond acceptors (Lipinski definition) is 6. The summed E-state index contributed by atoms with van der Waals surface area (Å²) < 4.78 is 10.4. The molecule has 2 aromatic carbocycles. The molecule has 1 aromatic heterocycles. The van der Waals surface area contributed by atoms with Gasteiger partial charge >= 0.3 is 0 Å². The third-order valence-corrected chi connectivity index (χ3v) is 6.54. The Labute approximate surface area is 203 Å². The van der Waals surface area contributed by atoms with Crippen LogP contribution in [0, 0.1) is 0 Å². The molecule has 1 atom stereocenters. The number of amides is 2. The van der Waals surface area contributed by atoms with Crippen LogP contribution in [0.15, 0.2) is 77.2 Å². The summed E-state index contributed by atoms with van der Waals surface area (Å²) in [5, 5.41) is 8.09. The number of thiophene rings is 1. The minimum absolute atomic E-state index is 0.0805. The second-order valence-electron chi connectivity index (χ2n) is 7.84. The average molecular weight is 478 g/mol. The van der Waals surface area contributed by atoms with Crippen molar-refractivity contribution in [2.45, 2.75) is 12.5 Å². The fourth-order valence-electron chi connectivity index (χ4n) is 3.88. The lowest BCUT2D eigenvalue weighted by molar-refractivity contribution is -0.133. The number of benzene rings is 2. The molecule has 176 valence electrons. The van der Waals surface area contributed by atoms with Crippen LogP contribution in [0.2, 0.25) is 0 Å². The van der Waals surface area contributed by atoms with Crippen molar-refractivity contribution in [3.8, 4) is 5.75 Å². The maximum Gasteiger partial charge on any atom is 0.264 e. The van der Waals surface area contributed by atoms with Gasteiger partial charge in [-0.05, 0) is 46.8 Å². The first kappa shape index (κ1) is 23.7. The van der Waals surface area contributed by atoms with Crippen LogP contribution in [0.4, 0.5) is 0 Å². The zero-order chi connectivity index (χ0) is 23.9. The van der Waals surface area contributed by atoms with Crippen LogP contribution < -0.4 is 4.74 Å². The summed E-state index contributed by atoms with van der Waals surface area (Å²) in [6.07, 6.45) is 0.582. The van der Waals surface area contributed by atoms with Gasteiger partial charge in [-0.3, -0.25) is 9.59 Å². The summed E-state index contributed by atoms with van der Waals surface area (Å²) in [6, 6.07) is 20.8. The topological polar surface area (TPSA) is 71.4 Å². The van der Waals surface area contributed by atoms with Gasteiger partial charge in [0.25, 0.3) is 11.8 Å². The van der Waals surface area contributed by atoms with E-state index < -0.39 is 0 Å². The molecule has 0 saturated carbocycles. The van der Waals surface area contributed by atoms with Crippen LogP contribution in [0.25, 0.3) is 0 Å². The summed E-state index contributed by atoms with van der Waals surface area (Å²) in [5.41, 5.74) is 2.75. The zero-order valence-corrected chi connectivity index (χ0v) is 20.0. The van der Waals surface area contributed by atoms with Gasteiger partial charge in [-0.25, -0.2) is 5.01 Å². The summed E-state index contributed by atoms with van der Waals surface area (Å²) in [7, 11) is 3.20. The molecule has 4 rings (SSSR count). The first-order valence-corrected chi connectivity index (χ1v) is 11.9. The van der Waals surface area contributed by atoms with Gasteiger partial charge in [0.1, 0.15) is 12.3 Å². The minimum Gasteiger partial charge on any atom is -0.497 e. The van der Waals surface area contributed by atoms with Crippen LogP contribution in [0.3, 0.4) is 0 Å². The molecule has 7 nitrogen and oxygen atoms in total. The van der Waals surface area contributed by atoms with Gasteiger partial charge in [0.15, 0.2) is 0 Å². The first-order valence-electron chi connectivity index (χ1n) is 11.0. The van der Waals surface area contributed by atoms with E-state index in [0.29, 0.717) is 24.4 Å². The van der Waals surface area contributed by atoms with Gasteiger partial charge in [-0.1, -0.05) is 36.4 Å². The standard InChI is InChI=1S/C26H27N3O4S/c1-32-15-14-28(26(31)24-9-6-16-34-24)18-25(30)29-23(20-7-4-3-5-8-20)17-22(27-29)19-10-12-21(33-2)13-11-19/h3-13,16,23H,14-15,17-18H2,1-2H3/t23-/m0/s1. The van der Waals surface area contributed by atoms with Gasteiger partial charge < -0.3 is 14.4 Å². The molecule has 3 aromatic rings. The van der Waals surface area contributed by atoms with E-state index in [1.165, 1.54) is 21.2 Å². The normalized spacial score (nSPS) is 15.2. The van der Waals surface area contributed by atoms with E-state index in [0.717, 1.165) is 22.6 Å². The van der Waals surface area contributed by atoms with E-state index in [-0.39, 0.29) is 24.4 Å². The van der Waals surface area contributed by atoms with E-state index in [1.807, 2.05) is 66.0 Å². The monoisotopic (exact) mass is 477 g/mol. The largest absolute Gasteiger partial charge is 0.497 e. The van der Waals surface area contributed by atoms with Gasteiger partial charge in [0, 0.05) is 20.1 Å². The molecule has 2 amide bonds. The molecule has 0 fully saturated rings. The van der Waals surface area contributed by atoms with Crippen molar-refractivity contribution < 1.29 is 19.1 Å². The highest BCUT2D eigenvalue weighted by molar-refractivity contribution is 7.12. The molecule has 1 aliphatic rings. The predicted octanol–water partition coefficient (Wildman–Crippen LogP) is 4.22. The highest BCUT2D eigenvalue weighted by atomic mass is 32.1. The first-order chi connectivity index (χ1) is 16.6. The van der Waals surface area contributed by atoms with Crippen LogP contribution in [-0.4, -0.2) is 61.4 Å². The number of carbonyl (C=O) groups excluding carboxylic acids is 2. The zero-order valence-electron chi connectivity index (χ0n) is 19.2. The molecule has 2 heterocycles. The second kappa shape index (κ2) is 11.1. The maximum absolute atomic E-state index is 13.5. The number of rotatable bonds is 9. The van der Waals surface area contributed by atoms with Gasteiger partial charge in [-0.2, -0.15) is 5.10 Å². The van der Waals surface area contributed by atoms with Crippen LogP contribution >= 0.6 is 11.3 Å². The Kier molecular flexibility index (Phi) is 7.72. The van der Waals surface area contributed by atoms with Gasteiger partial charge in [0.05, 0.1) is 30.3 Å². The van der Waals surface area contributed by atoms with Crippen molar-refractivity contribution in [1.82, 2.24) is 9.91 Å². The Balaban J connectivity index is 1.60. The van der Waals surface area contributed by atoms with Crippen molar-refractivity contribution in [2.75, 3.05) is 33.9 Å². The molecule has 0 bridgehead atoms. The fourth-order valence-corrected chi connectivity index (χ4v) is 4.57. The molecule has 0 spiro atoms. The van der Waals surface area contributed by atoms with Crippen molar-refractivity contribution in [3.05, 3.63) is 88.1 Å². The summed E-state index contributed by atoms with van der Waals surface area (Å²) in [5.74, 6) is 0.337. The van der Waals surface area contributed by atoms with E-state index in [4.69, 9.17) is 14.6 Å². The molecule has 0 N–H and O–H groups in total. The van der Waals surface area contributed by atoms with Gasteiger partial charge in [-0.15, -0.1) is 11.3 Å². The van der Waals surface area contributed by atoms with Crippen molar-refractivity contribution >= 4 is 28.9 Å². The average Bonchev–Trinajstić information content (AvgIpc) is 3.57. The third-order valence-electron chi connectivity index (χ3n) is 5.68. The Morgan fingerprint density at radius 1 is 1.06 bits per heavy atom. The van der Waals surface area contributed by atoms with E-state index >= 15 is 0 Å². The van der Waals surface area contributed by atoms with Crippen LogP contribution in [0.5, 0.6) is 5.75 Å². The van der Waals surface area contributed by atoms with E-state index in [9.17, 15) is 9.59 Å². The Bertz CT molecular complexity index is 1130. The van der Waals surface area contributed by atoms with Crippen LogP contribution in [0.1, 0.15) is 33.3 Å². The summed E-state index contributed by atoms with van der Waals surface area (Å²) >= 11 is 1.36. The molecule has 0 radical (unpaired) electrons. The SMILES string of the molecule is COCCN(CC(=O)N1N=C(c2ccc(OC)cc2)C[C@H]1c1ccccc1)C(=O)c1cccs1. The van der Waals surface area contributed by atoms with Gasteiger partial charge in [0.2, 0.25) is 0 Å². The molecule has 34 heavy (non-hydrogen) atoms. The predicted molar refractivity (Wildman–Crippen MR) is 132 cm³/mol. The highest BCUT2D eigenvalue weighted by Crippen LogP contribution is 2.33. The fraction of sp³-hybridized carbons (Fsp3) is 0.269. The Morgan fingerprint density at radius 2 is 1.82 bits per heavy atom. The number of carbonyl (C=O) groups is 2. The Hall–Kier alpha value is -3.49. The second-order valence-corrected chi connectivity index (χ2v) is 8.79. The molecule has 0 aliphatic carbocycles. The molecule has 1 aliphatic heterocycles. The lowest BCUT2D eigenvalue weighted by Gasteiger charge is -2.26. The van der Waals surface area contributed by atoms with Crippen molar-refractivity contribution in [2.24, 2.45) is 5.10 Å². The molecular weight excluding hydrogens is 450 g/mol. The number of hydrazone groups is 1. The van der Waals surface area contributed by atoms with Crippen LogP contribution in [-0.2, 0) is 9.53 Å². The lowest BCUT2D eigenvalue weighted by atomic mass is 9.98. The van der Waals surface area contributed by atoms with Crippen molar-refractivity contribution in [3.63, 3.8) is 0 Å². The summed E-state index contributed by atoms with van der Waals surface area (Å²) in [6.45, 7) is 0.577. The Morgan fingerprint density at radius 3 is 2.47 bits per heavy atom. The quantitative estimate of drug-likeness (QED) is 0.463. The highest BCUT2D eigenvalue weighted by Gasteiger charge is 2.34. The van der Waals surface area contributed by atoms with E-state index in [2.05, 4.69) is 0 Å². The molecule has 0 unspecified atom stereocenters. The van der Waals surface area contributed by atoms with E-state index in [1.54, 1.807) is 20.3 Å². The summed E-state index contributed by atoms with van der Waals surface area (Å²) in [4.78, 5) is 28.7. The lowest BCUT2D eigenvalue weighted by Crippen LogP contribution is -2.42. The number of nitrogens with zero attached hydrogens (tertiary/aromatic N) is 3.